The van der Waals surface area contributed by atoms with Crippen LogP contribution in [0, 0.1) is 20.2 Å². The third-order valence-electron chi connectivity index (χ3n) is 5.15. The fourth-order valence-corrected chi connectivity index (χ4v) is 3.63. The van der Waals surface area contributed by atoms with Crippen LogP contribution in [-0.4, -0.2) is 83.2 Å². The molecule has 2 aromatic rings. The van der Waals surface area contributed by atoms with E-state index in [0.29, 0.717) is 19.2 Å². The van der Waals surface area contributed by atoms with E-state index in [2.05, 4.69) is 20.0 Å². The second-order valence-corrected chi connectivity index (χ2v) is 8.05. The topological polar surface area (TPSA) is 180 Å². The van der Waals surface area contributed by atoms with Crippen LogP contribution in [0.15, 0.2) is 30.5 Å². The quantitative estimate of drug-likeness (QED) is 0.321. The van der Waals surface area contributed by atoms with Crippen LogP contribution in [0.25, 0.3) is 10.9 Å². The third kappa shape index (κ3) is 6.90. The molecule has 0 amide bonds. The van der Waals surface area contributed by atoms with Crippen LogP contribution in [-0.2, 0) is 19.1 Å². The zero-order valence-electron chi connectivity index (χ0n) is 18.7. The highest BCUT2D eigenvalue weighted by Gasteiger charge is 2.51. The summed E-state index contributed by atoms with van der Waals surface area (Å²) in [5, 5.41) is 32.4. The van der Waals surface area contributed by atoms with E-state index in [1.165, 1.54) is 0 Å². The number of nitrogens with zero attached hydrogens (tertiary/aromatic N) is 2. The predicted octanol–water partition coefficient (Wildman–Crippen LogP) is 0.843. The molecular formula is C20H28N4O10. The van der Waals surface area contributed by atoms with E-state index in [0.717, 1.165) is 16.7 Å². The van der Waals surface area contributed by atoms with Crippen LogP contribution < -0.4 is 10.1 Å². The fraction of sp³-hybridized carbons (Fsp3) is 0.600. The number of H-pyrrole nitrogens is 1. The van der Waals surface area contributed by atoms with Crippen LogP contribution in [0.1, 0.15) is 13.8 Å². The van der Waals surface area contributed by atoms with Crippen LogP contribution >= 0.6 is 0 Å². The van der Waals surface area contributed by atoms with Crippen molar-refractivity contribution in [3.8, 4) is 5.75 Å². The van der Waals surface area contributed by atoms with Gasteiger partial charge in [-0.1, -0.05) is 19.9 Å². The van der Waals surface area contributed by atoms with Gasteiger partial charge in [-0.3, -0.25) is 0 Å². The molecule has 34 heavy (non-hydrogen) atoms. The molecule has 0 radical (unpaired) electrons. The molecule has 1 aromatic carbocycles. The molecule has 2 saturated heterocycles. The van der Waals surface area contributed by atoms with E-state index in [1.54, 1.807) is 0 Å². The molecule has 5 atom stereocenters. The lowest BCUT2D eigenvalue weighted by atomic mass is 10.1. The van der Waals surface area contributed by atoms with Crippen molar-refractivity contribution in [2.75, 3.05) is 26.4 Å². The molecule has 2 aliphatic heterocycles. The van der Waals surface area contributed by atoms with Gasteiger partial charge in [0.25, 0.3) is 10.2 Å². The first kappa shape index (κ1) is 25.4. The van der Waals surface area contributed by atoms with Gasteiger partial charge in [-0.2, -0.15) is 0 Å². The number of benzene rings is 1. The maximum absolute atomic E-state index is 10.1. The van der Waals surface area contributed by atoms with Gasteiger partial charge in [0, 0.05) is 29.7 Å². The Bertz CT molecular complexity index is 924. The summed E-state index contributed by atoms with van der Waals surface area (Å²) in [5.41, 5.74) is 1.04. The van der Waals surface area contributed by atoms with Crippen molar-refractivity contribution in [2.45, 2.75) is 50.4 Å². The van der Waals surface area contributed by atoms with Crippen LogP contribution in [0.5, 0.6) is 5.75 Å². The van der Waals surface area contributed by atoms with Crippen molar-refractivity contribution in [1.82, 2.24) is 10.3 Å². The Balaban J connectivity index is 0.000000192. The average molecular weight is 484 g/mol. The maximum atomic E-state index is 10.1. The zero-order chi connectivity index (χ0) is 24.7. The Labute approximate surface area is 194 Å². The lowest BCUT2D eigenvalue weighted by molar-refractivity contribution is -0.769. The van der Waals surface area contributed by atoms with Crippen molar-refractivity contribution in [1.29, 1.82) is 0 Å². The van der Waals surface area contributed by atoms with E-state index >= 15 is 0 Å². The van der Waals surface area contributed by atoms with E-state index < -0.39 is 40.7 Å². The van der Waals surface area contributed by atoms with Gasteiger partial charge in [-0.15, -0.1) is 20.2 Å². The largest absolute Gasteiger partial charge is 0.490 e. The van der Waals surface area contributed by atoms with Gasteiger partial charge >= 0.3 is 0 Å². The number of nitrogens with one attached hydrogen (secondary N) is 2. The Morgan fingerprint density at radius 1 is 1.12 bits per heavy atom. The number of aromatic nitrogens is 1. The number of hydrogen-bond acceptors (Lipinski definition) is 11. The first-order chi connectivity index (χ1) is 16.2. The minimum absolute atomic E-state index is 0.0477. The third-order valence-corrected chi connectivity index (χ3v) is 5.15. The van der Waals surface area contributed by atoms with Gasteiger partial charge in [0.1, 0.15) is 30.7 Å². The van der Waals surface area contributed by atoms with Crippen LogP contribution in [0.2, 0.25) is 0 Å². The number of aliphatic hydroxyl groups is 1. The number of aliphatic hydroxyl groups excluding tert-OH is 1. The van der Waals surface area contributed by atoms with Gasteiger partial charge in [-0.05, 0) is 18.2 Å². The second-order valence-electron chi connectivity index (χ2n) is 8.05. The molecule has 0 saturated carbocycles. The molecule has 2 aliphatic rings. The number of rotatable bonds is 10. The summed E-state index contributed by atoms with van der Waals surface area (Å²) in [6.07, 6.45) is -1.73. The summed E-state index contributed by atoms with van der Waals surface area (Å²) in [5.74, 6) is 0.803. The van der Waals surface area contributed by atoms with Crippen LogP contribution in [0.4, 0.5) is 0 Å². The number of fused-ring (bicyclic) bond motifs is 2. The van der Waals surface area contributed by atoms with E-state index in [4.69, 9.17) is 14.2 Å². The van der Waals surface area contributed by atoms with Gasteiger partial charge in [0.2, 0.25) is 0 Å². The predicted molar refractivity (Wildman–Crippen MR) is 116 cm³/mol. The van der Waals surface area contributed by atoms with Gasteiger partial charge in [0.15, 0.2) is 12.2 Å². The SMILES string of the molecule is CC(C)NC[C@@H](O)COc1cccc2[nH]ccc12.O=[N+]([O-])O[C@H]1CO[C@H]2[C@@H]1OC[C@H]2O[N+](=O)[O-]. The van der Waals surface area contributed by atoms with E-state index in [9.17, 15) is 25.3 Å². The summed E-state index contributed by atoms with van der Waals surface area (Å²) >= 11 is 0. The summed E-state index contributed by atoms with van der Waals surface area (Å²) < 4.78 is 15.9. The Hall–Kier alpha value is -3.20. The zero-order valence-corrected chi connectivity index (χ0v) is 18.7. The van der Waals surface area contributed by atoms with E-state index in [-0.39, 0.29) is 13.2 Å². The monoisotopic (exact) mass is 484 g/mol. The molecule has 4 rings (SSSR count). The number of aromatic amines is 1. The van der Waals surface area contributed by atoms with Crippen molar-refractivity contribution >= 4 is 10.9 Å². The molecule has 2 fully saturated rings. The van der Waals surface area contributed by atoms with Crippen molar-refractivity contribution in [3.05, 3.63) is 50.7 Å². The molecule has 0 unspecified atom stereocenters. The minimum atomic E-state index is -0.943. The number of ether oxygens (including phenoxy) is 3. The van der Waals surface area contributed by atoms with Crippen LogP contribution in [0.3, 0.4) is 0 Å². The summed E-state index contributed by atoms with van der Waals surface area (Å²) in [7, 11) is 0. The van der Waals surface area contributed by atoms with Gasteiger partial charge < -0.3 is 39.3 Å². The minimum Gasteiger partial charge on any atom is -0.490 e. The summed E-state index contributed by atoms with van der Waals surface area (Å²) in [6, 6.07) is 8.20. The molecule has 0 bridgehead atoms. The standard InChI is InChI=1S/C14H20N2O2.C6H8N2O8/c1-10(2)16-8-11(17)9-18-14-5-3-4-13-12(14)6-7-15-13;9-7(10)15-3-1-13-6-4(16-8(11)12)2-14-5(3)6/h3-7,10-11,15-17H,8-9H2,1-2H3;3-6H,1-2H2/t11-;3-,4+,5-,6-/m11/s1. The molecule has 188 valence electrons. The number of hydrogen-bond donors (Lipinski definition) is 3. The van der Waals surface area contributed by atoms with Gasteiger partial charge in [0.05, 0.1) is 13.2 Å². The highest BCUT2D eigenvalue weighted by Crippen LogP contribution is 2.30. The lowest BCUT2D eigenvalue weighted by Crippen LogP contribution is -2.35. The normalized spacial score (nSPS) is 24.2. The highest BCUT2D eigenvalue weighted by atomic mass is 17.0. The molecule has 0 spiro atoms. The first-order valence-electron chi connectivity index (χ1n) is 10.7. The molecule has 1 aromatic heterocycles. The first-order valence-corrected chi connectivity index (χ1v) is 10.7. The van der Waals surface area contributed by atoms with Gasteiger partial charge in [-0.25, -0.2) is 0 Å². The highest BCUT2D eigenvalue weighted by molar-refractivity contribution is 5.85. The summed E-state index contributed by atoms with van der Waals surface area (Å²) in [4.78, 5) is 32.1. The Morgan fingerprint density at radius 2 is 1.74 bits per heavy atom. The van der Waals surface area contributed by atoms with Crippen molar-refractivity contribution < 1.29 is 39.2 Å². The smallest absolute Gasteiger partial charge is 0.294 e. The average Bonchev–Trinajstić information content (AvgIpc) is 3.49. The second kappa shape index (κ2) is 11.8. The molecule has 3 heterocycles. The van der Waals surface area contributed by atoms with Crippen molar-refractivity contribution in [3.63, 3.8) is 0 Å². The summed E-state index contributed by atoms with van der Waals surface area (Å²) in [6.45, 7) is 4.84. The molecule has 0 aliphatic carbocycles. The Morgan fingerprint density at radius 3 is 2.29 bits per heavy atom. The molecule has 3 N–H and O–H groups in total. The lowest BCUT2D eigenvalue weighted by Gasteiger charge is -2.15. The molecule has 14 heteroatoms. The van der Waals surface area contributed by atoms with E-state index in [1.807, 2.05) is 44.3 Å². The molecular weight excluding hydrogens is 456 g/mol. The van der Waals surface area contributed by atoms with Crippen molar-refractivity contribution in [2.24, 2.45) is 0 Å². The molecule has 14 nitrogen and oxygen atoms in total. The maximum Gasteiger partial charge on any atom is 0.294 e. The Kier molecular flexibility index (Phi) is 8.81. The fourth-order valence-electron chi connectivity index (χ4n) is 3.63.